The molecule has 0 radical (unpaired) electrons. The third kappa shape index (κ3) is 8.32. The Labute approximate surface area is 260 Å². The number of halogens is 2. The van der Waals surface area contributed by atoms with Gasteiger partial charge in [0.2, 0.25) is 0 Å². The number of piperazine rings is 1. The van der Waals surface area contributed by atoms with Crippen molar-refractivity contribution in [2.45, 2.75) is 64.7 Å². The van der Waals surface area contributed by atoms with E-state index in [0.717, 1.165) is 50.1 Å². The molecule has 2 saturated heterocycles. The monoisotopic (exact) mass is 615 g/mol. The lowest BCUT2D eigenvalue weighted by Crippen LogP contribution is -2.58. The van der Waals surface area contributed by atoms with Gasteiger partial charge in [-0.25, -0.2) is 0 Å². The van der Waals surface area contributed by atoms with Crippen molar-refractivity contribution in [3.63, 3.8) is 0 Å². The van der Waals surface area contributed by atoms with Crippen molar-refractivity contribution >= 4 is 40.9 Å². The van der Waals surface area contributed by atoms with Crippen LogP contribution < -0.4 is 0 Å². The van der Waals surface area contributed by atoms with Crippen LogP contribution in [0.25, 0.3) is 11.1 Å². The minimum Gasteiger partial charge on any atom is -0.494 e. The Hall–Kier alpha value is -1.96. The lowest BCUT2D eigenvalue weighted by atomic mass is 9.94. The molecule has 41 heavy (non-hydrogen) atoms. The predicted octanol–water partition coefficient (Wildman–Crippen LogP) is 7.90. The number of hydrogen-bond donors (Lipinski definition) is 0. The van der Waals surface area contributed by atoms with Crippen LogP contribution in [-0.4, -0.2) is 77.8 Å². The number of thioether (sulfide) groups is 1. The topological polar surface area (TPSA) is 36.0 Å². The Morgan fingerprint density at radius 3 is 2.37 bits per heavy atom. The highest BCUT2D eigenvalue weighted by Gasteiger charge is 2.35. The van der Waals surface area contributed by atoms with E-state index in [9.17, 15) is 4.79 Å². The molecule has 0 aromatic heterocycles. The van der Waals surface area contributed by atoms with Crippen LogP contribution in [0.1, 0.15) is 52.1 Å². The zero-order chi connectivity index (χ0) is 29.5. The molecule has 2 heterocycles. The van der Waals surface area contributed by atoms with Crippen molar-refractivity contribution in [2.75, 3.05) is 39.0 Å². The summed E-state index contributed by atoms with van der Waals surface area (Å²) >= 11 is 14.0. The Kier molecular flexibility index (Phi) is 11.7. The number of nitrogens with zero attached hydrogens (tertiary/aromatic N) is 3. The highest BCUT2D eigenvalue weighted by Crippen LogP contribution is 2.32. The largest absolute Gasteiger partial charge is 0.494 e. The number of carbonyl (C=O) groups excluding carboxylic acids is 1. The average molecular weight is 617 g/mol. The number of benzene rings is 2. The SMILES string of the molecule is CCOC(/C=C\SC)=C\C(=O)N1CCC(N2CCN([C@@H](C)c3ccc(-c4cc(Cl)cc(Cl)c4)cc3)[C@H](C)C2)CC1C. The summed E-state index contributed by atoms with van der Waals surface area (Å²) in [6.07, 6.45) is 7.52. The molecule has 0 aliphatic carbocycles. The van der Waals surface area contributed by atoms with Crippen molar-refractivity contribution in [3.05, 3.63) is 81.4 Å². The summed E-state index contributed by atoms with van der Waals surface area (Å²) in [5.74, 6) is 0.672. The third-order valence-corrected chi connectivity index (χ3v) is 9.23. The zero-order valence-corrected chi connectivity index (χ0v) is 27.2. The molecule has 2 aromatic rings. The number of ether oxygens (including phenoxy) is 1. The molecular formula is C33H43Cl2N3O2S. The molecule has 4 rings (SSSR count). The van der Waals surface area contributed by atoms with E-state index >= 15 is 0 Å². The molecule has 2 aliphatic heterocycles. The summed E-state index contributed by atoms with van der Waals surface area (Å²) in [5.41, 5.74) is 3.46. The van der Waals surface area contributed by atoms with Crippen LogP contribution in [0.4, 0.5) is 0 Å². The fourth-order valence-electron chi connectivity index (χ4n) is 6.22. The van der Waals surface area contributed by atoms with Crippen LogP contribution in [0.5, 0.6) is 0 Å². The number of likely N-dealkylation sites (tertiary alicyclic amines) is 1. The molecular weight excluding hydrogens is 573 g/mol. The van der Waals surface area contributed by atoms with Gasteiger partial charge >= 0.3 is 0 Å². The molecule has 4 atom stereocenters. The lowest BCUT2D eigenvalue weighted by molar-refractivity contribution is -0.130. The quantitative estimate of drug-likeness (QED) is 0.163. The van der Waals surface area contributed by atoms with Crippen LogP contribution in [0.3, 0.4) is 0 Å². The molecule has 2 fully saturated rings. The lowest BCUT2D eigenvalue weighted by Gasteiger charge is -2.48. The number of hydrogen-bond acceptors (Lipinski definition) is 5. The normalized spacial score (nSPS) is 23.6. The van der Waals surface area contributed by atoms with Gasteiger partial charge in [0, 0.05) is 66.5 Å². The Balaban J connectivity index is 1.33. The minimum absolute atomic E-state index is 0.0432. The number of rotatable bonds is 9. The molecule has 0 bridgehead atoms. The number of allylic oxidation sites excluding steroid dienone is 1. The van der Waals surface area contributed by atoms with E-state index in [-0.39, 0.29) is 11.9 Å². The molecule has 0 saturated carbocycles. The van der Waals surface area contributed by atoms with Gasteiger partial charge in [-0.15, -0.1) is 11.8 Å². The molecule has 2 unspecified atom stereocenters. The number of carbonyl (C=O) groups is 1. The molecule has 0 spiro atoms. The second-order valence-corrected chi connectivity index (χ2v) is 12.7. The number of piperidine rings is 1. The first-order valence-corrected chi connectivity index (χ1v) is 16.6. The summed E-state index contributed by atoms with van der Waals surface area (Å²) in [6, 6.07) is 15.9. The molecule has 8 heteroatoms. The fourth-order valence-corrected chi connectivity index (χ4v) is 7.02. The van der Waals surface area contributed by atoms with E-state index in [4.69, 9.17) is 27.9 Å². The standard InChI is InChI=1S/C33H43Cl2N3O2S/c1-6-40-32(12-16-41-5)21-33(39)38-13-11-31(17-23(38)2)36-14-15-37(24(3)22-36)25(4)26-7-9-27(10-8-26)28-18-29(34)20-30(35)19-28/h7-10,12,16,18-21,23-25,31H,6,11,13-15,17,22H2,1-5H3/b16-12-,32-21-/t23?,24-,25+,31?/m1/s1. The first-order chi connectivity index (χ1) is 19.7. The summed E-state index contributed by atoms with van der Waals surface area (Å²) in [5, 5.41) is 3.24. The Morgan fingerprint density at radius 2 is 1.76 bits per heavy atom. The van der Waals surface area contributed by atoms with Crippen LogP contribution >= 0.6 is 35.0 Å². The molecule has 2 aromatic carbocycles. The van der Waals surface area contributed by atoms with Gasteiger partial charge in [-0.2, -0.15) is 0 Å². The summed E-state index contributed by atoms with van der Waals surface area (Å²) in [4.78, 5) is 20.3. The van der Waals surface area contributed by atoms with Crippen LogP contribution in [0.2, 0.25) is 10.0 Å². The van der Waals surface area contributed by atoms with Crippen LogP contribution in [-0.2, 0) is 9.53 Å². The average Bonchev–Trinajstić information content (AvgIpc) is 2.95. The third-order valence-electron chi connectivity index (χ3n) is 8.39. The van der Waals surface area contributed by atoms with Crippen LogP contribution in [0.15, 0.2) is 65.8 Å². The predicted molar refractivity (Wildman–Crippen MR) is 175 cm³/mol. The molecule has 1 amide bonds. The van der Waals surface area contributed by atoms with Gasteiger partial charge in [-0.1, -0.05) is 47.5 Å². The van der Waals surface area contributed by atoms with Crippen LogP contribution in [0, 0.1) is 0 Å². The molecule has 2 aliphatic rings. The van der Waals surface area contributed by atoms with Crippen molar-refractivity contribution in [2.24, 2.45) is 0 Å². The highest BCUT2D eigenvalue weighted by molar-refractivity contribution is 8.01. The van der Waals surface area contributed by atoms with Crippen molar-refractivity contribution in [1.82, 2.24) is 14.7 Å². The smallest absolute Gasteiger partial charge is 0.250 e. The Bertz CT molecular complexity index is 1220. The fraction of sp³-hybridized carbons (Fsp3) is 0.485. The van der Waals surface area contributed by atoms with E-state index < -0.39 is 0 Å². The van der Waals surface area contributed by atoms with Gasteiger partial charge < -0.3 is 9.64 Å². The van der Waals surface area contributed by atoms with Crippen molar-refractivity contribution in [1.29, 1.82) is 0 Å². The zero-order valence-electron chi connectivity index (χ0n) is 24.9. The Morgan fingerprint density at radius 1 is 1.05 bits per heavy atom. The van der Waals surface area contributed by atoms with Gasteiger partial charge in [0.1, 0.15) is 5.76 Å². The summed E-state index contributed by atoms with van der Waals surface area (Å²) in [7, 11) is 0. The maximum Gasteiger partial charge on any atom is 0.250 e. The van der Waals surface area contributed by atoms with E-state index in [1.54, 1.807) is 23.9 Å². The van der Waals surface area contributed by atoms with Gasteiger partial charge in [0.15, 0.2) is 0 Å². The summed E-state index contributed by atoms with van der Waals surface area (Å²) in [6.45, 7) is 13.2. The van der Waals surface area contributed by atoms with E-state index in [1.165, 1.54) is 5.56 Å². The van der Waals surface area contributed by atoms with Gasteiger partial charge in [0.25, 0.3) is 5.91 Å². The van der Waals surface area contributed by atoms with Crippen molar-refractivity contribution < 1.29 is 9.53 Å². The van der Waals surface area contributed by atoms with Gasteiger partial charge in [-0.05, 0) is 93.2 Å². The van der Waals surface area contributed by atoms with Gasteiger partial charge in [-0.3, -0.25) is 14.6 Å². The second kappa shape index (κ2) is 15.0. The second-order valence-electron chi connectivity index (χ2n) is 11.1. The highest BCUT2D eigenvalue weighted by atomic mass is 35.5. The maximum atomic E-state index is 13.1. The van der Waals surface area contributed by atoms with E-state index in [0.29, 0.717) is 40.5 Å². The summed E-state index contributed by atoms with van der Waals surface area (Å²) < 4.78 is 5.66. The molecule has 222 valence electrons. The molecule has 5 nitrogen and oxygen atoms in total. The first kappa shape index (κ1) is 32.0. The van der Waals surface area contributed by atoms with E-state index in [2.05, 4.69) is 54.8 Å². The molecule has 0 N–H and O–H groups in total. The first-order valence-electron chi connectivity index (χ1n) is 14.6. The van der Waals surface area contributed by atoms with E-state index in [1.807, 2.05) is 41.7 Å². The number of amides is 1. The minimum atomic E-state index is 0.0432. The van der Waals surface area contributed by atoms with Crippen molar-refractivity contribution in [3.8, 4) is 11.1 Å². The van der Waals surface area contributed by atoms with Gasteiger partial charge in [0.05, 0.1) is 6.61 Å². The maximum absolute atomic E-state index is 13.1.